The number of nitriles is 2. The highest BCUT2D eigenvalue weighted by Crippen LogP contribution is 2.38. The van der Waals surface area contributed by atoms with Crippen LogP contribution in [0, 0.1) is 28.6 Å². The van der Waals surface area contributed by atoms with Crippen LogP contribution in [0.3, 0.4) is 0 Å². The van der Waals surface area contributed by atoms with E-state index in [-0.39, 0.29) is 5.91 Å². The quantitative estimate of drug-likeness (QED) is 0.835. The number of carbonyl (C=O) groups excluding carboxylic acids is 1. The van der Waals surface area contributed by atoms with E-state index in [0.717, 1.165) is 18.5 Å². The summed E-state index contributed by atoms with van der Waals surface area (Å²) in [6.45, 7) is 5.36. The van der Waals surface area contributed by atoms with E-state index in [2.05, 4.69) is 34.4 Å². The Morgan fingerprint density at radius 1 is 1.34 bits per heavy atom. The summed E-state index contributed by atoms with van der Waals surface area (Å²) in [5, 5.41) is 22.3. The number of likely N-dealkylation sites (tertiary alicyclic amines) is 1. The van der Waals surface area contributed by atoms with Gasteiger partial charge < -0.3 is 10.2 Å². The molecule has 2 heterocycles. The van der Waals surface area contributed by atoms with Gasteiger partial charge in [0.2, 0.25) is 0 Å². The molecule has 0 spiro atoms. The van der Waals surface area contributed by atoms with Crippen molar-refractivity contribution in [3.63, 3.8) is 0 Å². The number of hydrogen-bond donors (Lipinski definition) is 1. The molecule has 0 radical (unpaired) electrons. The minimum atomic E-state index is -0.510. The smallest absolute Gasteiger partial charge is 0.251 e. The molecule has 0 aliphatic carbocycles. The first-order valence-electron chi connectivity index (χ1n) is 10.1. The Morgan fingerprint density at radius 3 is 2.79 bits per heavy atom. The standard InChI is InChI=1S/C23H27N5O/c1-15-20(13-24)22(21(14-25)16(2)27-15)17-6-4-7-18(12-17)23(29)26-10-9-19-8-5-11-28(19)3/h4,6-7,12,19-20,22H,5,8-11H2,1-3H3,(H,26,29). The van der Waals surface area contributed by atoms with Crippen LogP contribution in [0.2, 0.25) is 0 Å². The van der Waals surface area contributed by atoms with Crippen LogP contribution in [0.5, 0.6) is 0 Å². The molecule has 2 aliphatic rings. The predicted octanol–water partition coefficient (Wildman–Crippen LogP) is 3.40. The van der Waals surface area contributed by atoms with Crippen LogP contribution in [0.4, 0.5) is 0 Å². The number of hydrogen-bond acceptors (Lipinski definition) is 5. The molecule has 6 heteroatoms. The van der Waals surface area contributed by atoms with Crippen molar-refractivity contribution in [1.29, 1.82) is 10.5 Å². The first-order valence-corrected chi connectivity index (χ1v) is 10.1. The summed E-state index contributed by atoms with van der Waals surface area (Å²) in [5.41, 5.74) is 3.17. The fraction of sp³-hybridized carbons (Fsp3) is 0.478. The monoisotopic (exact) mass is 389 g/mol. The minimum absolute atomic E-state index is 0.124. The Balaban J connectivity index is 1.76. The van der Waals surface area contributed by atoms with E-state index in [1.807, 2.05) is 19.1 Å². The molecule has 150 valence electrons. The second-order valence-electron chi connectivity index (χ2n) is 7.90. The molecule has 1 aromatic rings. The maximum absolute atomic E-state index is 12.7. The van der Waals surface area contributed by atoms with E-state index in [4.69, 9.17) is 0 Å². The molecule has 3 rings (SSSR count). The van der Waals surface area contributed by atoms with Gasteiger partial charge in [0.1, 0.15) is 0 Å². The normalized spacial score (nSPS) is 24.6. The molecule has 1 aromatic carbocycles. The van der Waals surface area contributed by atoms with E-state index in [1.165, 1.54) is 12.8 Å². The van der Waals surface area contributed by atoms with Crippen LogP contribution in [-0.4, -0.2) is 42.7 Å². The third kappa shape index (κ3) is 4.39. The zero-order valence-corrected chi connectivity index (χ0v) is 17.3. The second-order valence-corrected chi connectivity index (χ2v) is 7.90. The van der Waals surface area contributed by atoms with Gasteiger partial charge in [0.05, 0.1) is 29.3 Å². The molecule has 3 atom stereocenters. The van der Waals surface area contributed by atoms with Crippen LogP contribution < -0.4 is 5.32 Å². The zero-order chi connectivity index (χ0) is 21.0. The predicted molar refractivity (Wildman–Crippen MR) is 112 cm³/mol. The number of rotatable bonds is 5. The number of nitrogens with zero attached hydrogens (tertiary/aromatic N) is 4. The van der Waals surface area contributed by atoms with Crippen molar-refractivity contribution in [2.45, 2.75) is 45.1 Å². The lowest BCUT2D eigenvalue weighted by molar-refractivity contribution is 0.0950. The third-order valence-corrected chi connectivity index (χ3v) is 6.03. The Kier molecular flexibility index (Phi) is 6.46. The van der Waals surface area contributed by atoms with Crippen LogP contribution >= 0.6 is 0 Å². The van der Waals surface area contributed by atoms with Gasteiger partial charge in [-0.1, -0.05) is 12.1 Å². The zero-order valence-electron chi connectivity index (χ0n) is 17.3. The van der Waals surface area contributed by atoms with Crippen molar-refractivity contribution >= 4 is 11.6 Å². The van der Waals surface area contributed by atoms with Crippen molar-refractivity contribution in [2.24, 2.45) is 10.9 Å². The number of carbonyl (C=O) groups is 1. The lowest BCUT2D eigenvalue weighted by atomic mass is 9.76. The molecular weight excluding hydrogens is 362 g/mol. The highest BCUT2D eigenvalue weighted by molar-refractivity contribution is 5.95. The molecule has 0 saturated carbocycles. The number of allylic oxidation sites excluding steroid dienone is 2. The summed E-state index contributed by atoms with van der Waals surface area (Å²) in [7, 11) is 2.13. The minimum Gasteiger partial charge on any atom is -0.352 e. The Morgan fingerprint density at radius 2 is 2.14 bits per heavy atom. The van der Waals surface area contributed by atoms with Gasteiger partial charge in [0.15, 0.2) is 0 Å². The van der Waals surface area contributed by atoms with E-state index in [0.29, 0.717) is 35.1 Å². The summed E-state index contributed by atoms with van der Waals surface area (Å²) in [6, 6.07) is 12.3. The van der Waals surface area contributed by atoms with Crippen molar-refractivity contribution in [2.75, 3.05) is 20.1 Å². The Bertz CT molecular complexity index is 933. The Labute approximate surface area is 172 Å². The van der Waals surface area contributed by atoms with E-state index < -0.39 is 11.8 Å². The molecule has 1 saturated heterocycles. The van der Waals surface area contributed by atoms with Crippen molar-refractivity contribution in [1.82, 2.24) is 10.2 Å². The first kappa shape index (κ1) is 20.8. The molecule has 6 nitrogen and oxygen atoms in total. The fourth-order valence-electron chi connectivity index (χ4n) is 4.38. The molecule has 1 fully saturated rings. The van der Waals surface area contributed by atoms with Gasteiger partial charge in [-0.3, -0.25) is 9.79 Å². The van der Waals surface area contributed by atoms with Gasteiger partial charge in [-0.15, -0.1) is 0 Å². The van der Waals surface area contributed by atoms with Crippen molar-refractivity contribution < 1.29 is 4.79 Å². The van der Waals surface area contributed by atoms with Gasteiger partial charge in [-0.05, 0) is 64.4 Å². The average Bonchev–Trinajstić information content (AvgIpc) is 3.12. The lowest BCUT2D eigenvalue weighted by Gasteiger charge is -2.27. The molecule has 3 unspecified atom stereocenters. The van der Waals surface area contributed by atoms with E-state index in [1.54, 1.807) is 19.1 Å². The molecule has 29 heavy (non-hydrogen) atoms. The summed E-state index contributed by atoms with van der Waals surface area (Å²) >= 11 is 0. The van der Waals surface area contributed by atoms with Gasteiger partial charge in [-0.25, -0.2) is 0 Å². The largest absolute Gasteiger partial charge is 0.352 e. The fourth-order valence-corrected chi connectivity index (χ4v) is 4.38. The van der Waals surface area contributed by atoms with Gasteiger partial charge in [-0.2, -0.15) is 10.5 Å². The number of aliphatic imine (C=N–C) groups is 1. The number of nitrogens with one attached hydrogen (secondary N) is 1. The molecule has 2 aliphatic heterocycles. The molecule has 1 N–H and O–H groups in total. The molecule has 1 amide bonds. The highest BCUT2D eigenvalue weighted by atomic mass is 16.1. The van der Waals surface area contributed by atoms with Crippen molar-refractivity contribution in [3.8, 4) is 12.1 Å². The SMILES string of the molecule is CC1=NC(C)=C(C#N)C(c2cccc(C(=O)NCCC3CCCN3C)c2)C1C#N. The van der Waals surface area contributed by atoms with E-state index >= 15 is 0 Å². The van der Waals surface area contributed by atoms with Gasteiger partial charge in [0, 0.05) is 29.8 Å². The first-order chi connectivity index (χ1) is 14.0. The van der Waals surface area contributed by atoms with Crippen LogP contribution in [0.25, 0.3) is 0 Å². The van der Waals surface area contributed by atoms with Crippen LogP contribution in [-0.2, 0) is 0 Å². The summed E-state index contributed by atoms with van der Waals surface area (Å²) in [4.78, 5) is 19.4. The lowest BCUT2D eigenvalue weighted by Crippen LogP contribution is -2.32. The summed E-state index contributed by atoms with van der Waals surface area (Å²) < 4.78 is 0. The number of amides is 1. The highest BCUT2D eigenvalue weighted by Gasteiger charge is 2.34. The summed E-state index contributed by atoms with van der Waals surface area (Å²) in [5.74, 6) is -1.03. The van der Waals surface area contributed by atoms with E-state index in [9.17, 15) is 15.3 Å². The van der Waals surface area contributed by atoms with Crippen LogP contribution in [0.1, 0.15) is 54.9 Å². The Hall–Kier alpha value is -2.96. The third-order valence-electron chi connectivity index (χ3n) is 6.03. The number of benzene rings is 1. The van der Waals surface area contributed by atoms with Crippen molar-refractivity contribution in [3.05, 3.63) is 46.7 Å². The summed E-state index contributed by atoms with van der Waals surface area (Å²) in [6.07, 6.45) is 3.34. The van der Waals surface area contributed by atoms with Gasteiger partial charge in [0.25, 0.3) is 5.91 Å². The molecule has 0 aromatic heterocycles. The average molecular weight is 390 g/mol. The topological polar surface area (TPSA) is 92.3 Å². The molecule has 0 bridgehead atoms. The second kappa shape index (κ2) is 9.03. The molecular formula is C23H27N5O. The van der Waals surface area contributed by atoms with Gasteiger partial charge >= 0.3 is 0 Å². The maximum Gasteiger partial charge on any atom is 0.251 e. The maximum atomic E-state index is 12.7. The van der Waals surface area contributed by atoms with Crippen LogP contribution in [0.15, 0.2) is 40.5 Å².